The minimum absolute atomic E-state index is 0.124. The second-order valence-corrected chi connectivity index (χ2v) is 10.0. The van der Waals surface area contributed by atoms with E-state index in [0.29, 0.717) is 33.9 Å². The van der Waals surface area contributed by atoms with E-state index in [1.165, 1.54) is 11.8 Å². The van der Waals surface area contributed by atoms with Crippen LogP contribution in [0.3, 0.4) is 0 Å². The molecule has 0 aliphatic heterocycles. The smallest absolute Gasteiger partial charge is 0.267 e. The molecule has 0 saturated carbocycles. The Morgan fingerprint density at radius 1 is 1.00 bits per heavy atom. The van der Waals surface area contributed by atoms with Crippen molar-refractivity contribution in [3.63, 3.8) is 0 Å². The van der Waals surface area contributed by atoms with Crippen molar-refractivity contribution in [1.82, 2.24) is 29.4 Å². The van der Waals surface area contributed by atoms with Crippen molar-refractivity contribution >= 4 is 28.4 Å². The molecule has 8 nitrogen and oxygen atoms in total. The lowest BCUT2D eigenvalue weighted by atomic mass is 9.97. The molecule has 5 aromatic rings. The predicted octanol–water partition coefficient (Wildman–Crippen LogP) is 4.62. The molecule has 9 heteroatoms. The molecule has 0 atom stereocenters. The lowest BCUT2D eigenvalue weighted by Gasteiger charge is -2.13. The number of aryl methyl sites for hydroxylation is 2. The first-order valence-corrected chi connectivity index (χ1v) is 11.6. The van der Waals surface area contributed by atoms with E-state index >= 15 is 0 Å². The van der Waals surface area contributed by atoms with Crippen LogP contribution < -0.4 is 5.56 Å². The van der Waals surface area contributed by atoms with Crippen LogP contribution in [0.1, 0.15) is 43.7 Å². The molecule has 0 N–H and O–H groups in total. The molecule has 3 heterocycles. The van der Waals surface area contributed by atoms with E-state index < -0.39 is 0 Å². The topological polar surface area (TPSA) is 91.1 Å². The van der Waals surface area contributed by atoms with Gasteiger partial charge < -0.3 is 4.42 Å². The summed E-state index contributed by atoms with van der Waals surface area (Å²) in [6, 6.07) is 13.5. The SMILES string of the molecule is Cc1ccc(-n2c(=O)c3ccccc3n3c(SCc4nnc(C(C)(C)C)o4)nnc23)c(C)c1. The Bertz CT molecular complexity index is 1560. The van der Waals surface area contributed by atoms with Gasteiger partial charge in [-0.3, -0.25) is 9.20 Å². The Balaban J connectivity index is 1.66. The molecular formula is C24H24N6O2S. The maximum Gasteiger partial charge on any atom is 0.267 e. The number of benzene rings is 2. The summed E-state index contributed by atoms with van der Waals surface area (Å²) in [6.07, 6.45) is 0. The number of fused-ring (bicyclic) bond motifs is 3. The molecule has 0 saturated heterocycles. The van der Waals surface area contributed by atoms with Crippen molar-refractivity contribution in [3.8, 4) is 5.69 Å². The molecule has 0 fully saturated rings. The van der Waals surface area contributed by atoms with Crippen LogP contribution >= 0.6 is 11.8 Å². The lowest BCUT2D eigenvalue weighted by Crippen LogP contribution is -2.22. The Labute approximate surface area is 194 Å². The molecular weight excluding hydrogens is 436 g/mol. The van der Waals surface area contributed by atoms with E-state index in [2.05, 4.69) is 26.5 Å². The second-order valence-electron chi connectivity index (χ2n) is 9.11. The third-order valence-corrected chi connectivity index (χ3v) is 6.33. The molecule has 0 aliphatic rings. The molecule has 0 aliphatic carbocycles. The average Bonchev–Trinajstić information content (AvgIpc) is 3.41. The number of aromatic nitrogens is 6. The van der Waals surface area contributed by atoms with Crippen molar-refractivity contribution in [2.75, 3.05) is 0 Å². The average molecular weight is 461 g/mol. The summed E-state index contributed by atoms with van der Waals surface area (Å²) in [5.41, 5.74) is 3.33. The molecule has 2 aromatic carbocycles. The van der Waals surface area contributed by atoms with Crippen molar-refractivity contribution in [3.05, 3.63) is 75.7 Å². The van der Waals surface area contributed by atoms with E-state index in [1.807, 2.05) is 75.4 Å². The number of thioether (sulfide) groups is 1. The first-order chi connectivity index (χ1) is 15.7. The number of rotatable bonds is 4. The zero-order valence-corrected chi connectivity index (χ0v) is 20.0. The molecule has 0 amide bonds. The molecule has 0 bridgehead atoms. The molecule has 33 heavy (non-hydrogen) atoms. The Morgan fingerprint density at radius 3 is 2.52 bits per heavy atom. The minimum atomic E-state index is -0.213. The fraction of sp³-hybridized carbons (Fsp3) is 0.292. The third-order valence-electron chi connectivity index (χ3n) is 5.42. The summed E-state index contributed by atoms with van der Waals surface area (Å²) < 4.78 is 9.39. The molecule has 168 valence electrons. The standard InChI is InChI=1S/C24H24N6O2S/c1-14-10-11-17(15(2)12-14)29-20(31)16-8-6-7-9-18(16)30-22(29)27-28-23(30)33-13-19-25-26-21(32-19)24(3,4)5/h6-12H,13H2,1-5H3. The summed E-state index contributed by atoms with van der Waals surface area (Å²) in [4.78, 5) is 13.5. The molecule has 5 rings (SSSR count). The van der Waals surface area contributed by atoms with E-state index in [0.717, 1.165) is 22.3 Å². The van der Waals surface area contributed by atoms with E-state index in [-0.39, 0.29) is 11.0 Å². The first kappa shape index (κ1) is 21.4. The largest absolute Gasteiger partial charge is 0.424 e. The Hall–Kier alpha value is -3.46. The van der Waals surface area contributed by atoms with Crippen molar-refractivity contribution in [1.29, 1.82) is 0 Å². The fourth-order valence-corrected chi connectivity index (χ4v) is 4.56. The van der Waals surface area contributed by atoms with Gasteiger partial charge in [-0.25, -0.2) is 4.57 Å². The Kier molecular flexibility index (Phi) is 5.08. The number of para-hydroxylation sites is 1. The maximum absolute atomic E-state index is 13.5. The molecule has 0 radical (unpaired) electrons. The number of nitrogens with zero attached hydrogens (tertiary/aromatic N) is 6. The number of hydrogen-bond acceptors (Lipinski definition) is 7. The van der Waals surface area contributed by atoms with Crippen molar-refractivity contribution in [2.45, 2.75) is 50.9 Å². The van der Waals surface area contributed by atoms with Crippen LogP contribution in [0.15, 0.2) is 56.8 Å². The number of hydrogen-bond donors (Lipinski definition) is 0. The van der Waals surface area contributed by atoms with E-state index in [4.69, 9.17) is 4.42 Å². The van der Waals surface area contributed by atoms with Gasteiger partial charge in [0.15, 0.2) is 5.16 Å². The lowest BCUT2D eigenvalue weighted by molar-refractivity contribution is 0.378. The molecule has 3 aromatic heterocycles. The van der Waals surface area contributed by atoms with Crippen molar-refractivity contribution < 1.29 is 4.42 Å². The minimum Gasteiger partial charge on any atom is -0.424 e. The van der Waals surface area contributed by atoms with Gasteiger partial charge in [0.1, 0.15) is 0 Å². The van der Waals surface area contributed by atoms with Gasteiger partial charge in [0, 0.05) is 5.41 Å². The van der Waals surface area contributed by atoms with Crippen LogP contribution in [0.2, 0.25) is 0 Å². The highest BCUT2D eigenvalue weighted by molar-refractivity contribution is 7.98. The quantitative estimate of drug-likeness (QED) is 0.361. The summed E-state index contributed by atoms with van der Waals surface area (Å²) in [5, 5.41) is 18.4. The second kappa shape index (κ2) is 7.84. The maximum atomic E-state index is 13.5. The van der Waals surface area contributed by atoms with Gasteiger partial charge >= 0.3 is 0 Å². The summed E-state index contributed by atoms with van der Waals surface area (Å²) in [6.45, 7) is 10.1. The van der Waals surface area contributed by atoms with Crippen LogP contribution in [0.5, 0.6) is 0 Å². The first-order valence-electron chi connectivity index (χ1n) is 10.7. The fourth-order valence-electron chi connectivity index (χ4n) is 3.79. The summed E-state index contributed by atoms with van der Waals surface area (Å²) in [5.74, 6) is 2.03. The molecule has 0 unspecified atom stereocenters. The van der Waals surface area contributed by atoms with Crippen LogP contribution in [0.4, 0.5) is 0 Å². The van der Waals surface area contributed by atoms with Crippen molar-refractivity contribution in [2.24, 2.45) is 0 Å². The highest BCUT2D eigenvalue weighted by atomic mass is 32.2. The van der Waals surface area contributed by atoms with Gasteiger partial charge in [-0.05, 0) is 37.6 Å². The van der Waals surface area contributed by atoms with Crippen LogP contribution in [0, 0.1) is 13.8 Å². The Morgan fingerprint density at radius 2 is 1.79 bits per heavy atom. The van der Waals surface area contributed by atoms with Crippen LogP contribution in [0.25, 0.3) is 22.4 Å². The van der Waals surface area contributed by atoms with Gasteiger partial charge in [-0.15, -0.1) is 20.4 Å². The zero-order valence-electron chi connectivity index (χ0n) is 19.2. The van der Waals surface area contributed by atoms with E-state index in [1.54, 1.807) is 4.57 Å². The van der Waals surface area contributed by atoms with Gasteiger partial charge in [-0.1, -0.05) is 62.4 Å². The van der Waals surface area contributed by atoms with E-state index in [9.17, 15) is 4.79 Å². The highest BCUT2D eigenvalue weighted by Crippen LogP contribution is 2.27. The van der Waals surface area contributed by atoms with Crippen LogP contribution in [-0.2, 0) is 11.2 Å². The summed E-state index contributed by atoms with van der Waals surface area (Å²) in [7, 11) is 0. The zero-order chi connectivity index (χ0) is 23.3. The summed E-state index contributed by atoms with van der Waals surface area (Å²) >= 11 is 1.44. The highest BCUT2D eigenvalue weighted by Gasteiger charge is 2.23. The third kappa shape index (κ3) is 3.72. The predicted molar refractivity (Wildman–Crippen MR) is 128 cm³/mol. The molecule has 0 spiro atoms. The van der Waals surface area contributed by atoms with Crippen LogP contribution in [-0.4, -0.2) is 29.4 Å². The monoisotopic (exact) mass is 460 g/mol. The van der Waals surface area contributed by atoms with Gasteiger partial charge in [-0.2, -0.15) is 0 Å². The van der Waals surface area contributed by atoms with Gasteiger partial charge in [0.05, 0.1) is 22.3 Å². The normalized spacial score (nSPS) is 12.2. The van der Waals surface area contributed by atoms with Gasteiger partial charge in [0.25, 0.3) is 5.56 Å². The van der Waals surface area contributed by atoms with Gasteiger partial charge in [0.2, 0.25) is 17.6 Å².